The van der Waals surface area contributed by atoms with Crippen molar-refractivity contribution in [2.24, 2.45) is 5.92 Å². The van der Waals surface area contributed by atoms with Crippen LogP contribution < -0.4 is 5.32 Å². The second kappa shape index (κ2) is 9.98. The molecule has 0 bridgehead atoms. The number of rotatable bonds is 7. The quantitative estimate of drug-likeness (QED) is 0.646. The number of carboxylic acid groups (broad SMARTS) is 1. The van der Waals surface area contributed by atoms with Crippen molar-refractivity contribution in [1.29, 1.82) is 0 Å². The molecule has 0 radical (unpaired) electrons. The van der Waals surface area contributed by atoms with E-state index in [1.54, 1.807) is 38.7 Å². The van der Waals surface area contributed by atoms with Gasteiger partial charge in [-0.1, -0.05) is 50.6 Å². The topological polar surface area (TPSA) is 90.0 Å². The first-order chi connectivity index (χ1) is 14.5. The van der Waals surface area contributed by atoms with E-state index >= 15 is 0 Å². The summed E-state index contributed by atoms with van der Waals surface area (Å²) in [7, 11) is 0. The molecule has 7 heteroatoms. The van der Waals surface area contributed by atoms with Crippen molar-refractivity contribution in [2.45, 2.75) is 78.7 Å². The minimum Gasteiger partial charge on any atom is -0.465 e. The number of nitrogens with zero attached hydrogens (tertiary/aromatic N) is 2. The van der Waals surface area contributed by atoms with Crippen LogP contribution >= 0.6 is 0 Å². The van der Waals surface area contributed by atoms with Crippen LogP contribution in [0.2, 0.25) is 0 Å². The molecule has 1 aromatic carbocycles. The zero-order chi connectivity index (χ0) is 23.3. The van der Waals surface area contributed by atoms with Gasteiger partial charge in [-0.2, -0.15) is 0 Å². The second-order valence-electron chi connectivity index (χ2n) is 9.24. The maximum atomic E-state index is 12.9. The molecule has 3 atom stereocenters. The summed E-state index contributed by atoms with van der Waals surface area (Å²) in [6, 6.07) is 6.76. The van der Waals surface area contributed by atoms with Gasteiger partial charge in [0, 0.05) is 24.7 Å². The van der Waals surface area contributed by atoms with Crippen molar-refractivity contribution in [3.63, 3.8) is 0 Å². The maximum absolute atomic E-state index is 12.9. The fourth-order valence-corrected chi connectivity index (χ4v) is 3.85. The Morgan fingerprint density at radius 2 is 1.71 bits per heavy atom. The smallest absolute Gasteiger partial charge is 0.408 e. The van der Waals surface area contributed by atoms with Gasteiger partial charge in [0.05, 0.1) is 6.04 Å². The lowest BCUT2D eigenvalue weighted by atomic mass is 9.97. The highest BCUT2D eigenvalue weighted by Crippen LogP contribution is 2.23. The number of hydrogen-bond donors (Lipinski definition) is 2. The highest BCUT2D eigenvalue weighted by molar-refractivity contribution is 5.89. The summed E-state index contributed by atoms with van der Waals surface area (Å²) in [5, 5.41) is 12.5. The molecule has 31 heavy (non-hydrogen) atoms. The Hall–Kier alpha value is -2.83. The van der Waals surface area contributed by atoms with Crippen LogP contribution in [-0.2, 0) is 22.7 Å². The van der Waals surface area contributed by atoms with Crippen LogP contribution in [0.4, 0.5) is 4.79 Å². The number of benzene rings is 1. The summed E-state index contributed by atoms with van der Waals surface area (Å²) in [6.45, 7) is 12.0. The van der Waals surface area contributed by atoms with E-state index in [0.717, 1.165) is 22.4 Å². The van der Waals surface area contributed by atoms with E-state index in [4.69, 9.17) is 0 Å². The van der Waals surface area contributed by atoms with E-state index in [-0.39, 0.29) is 23.8 Å². The number of nitrogens with one attached hydrogen (secondary N) is 1. The summed E-state index contributed by atoms with van der Waals surface area (Å²) in [5.41, 5.74) is 1.59. The molecule has 7 nitrogen and oxygen atoms in total. The Morgan fingerprint density at radius 1 is 1.16 bits per heavy atom. The summed E-state index contributed by atoms with van der Waals surface area (Å²) >= 11 is 0. The molecule has 1 aromatic rings. The van der Waals surface area contributed by atoms with Gasteiger partial charge in [0.2, 0.25) is 11.8 Å². The van der Waals surface area contributed by atoms with Crippen LogP contribution in [0.3, 0.4) is 0 Å². The van der Waals surface area contributed by atoms with Gasteiger partial charge in [0.25, 0.3) is 0 Å². The average Bonchev–Trinajstić information content (AvgIpc) is 3.13. The molecule has 0 saturated carbocycles. The summed E-state index contributed by atoms with van der Waals surface area (Å²) in [4.78, 5) is 40.2. The zero-order valence-corrected chi connectivity index (χ0v) is 19.4. The Morgan fingerprint density at radius 3 is 2.16 bits per heavy atom. The molecule has 0 fully saturated rings. The predicted octanol–water partition coefficient (Wildman–Crippen LogP) is 3.78. The van der Waals surface area contributed by atoms with Crippen molar-refractivity contribution in [1.82, 2.24) is 15.1 Å². The van der Waals surface area contributed by atoms with Crippen LogP contribution in [0.1, 0.15) is 59.1 Å². The molecule has 1 aliphatic rings. The van der Waals surface area contributed by atoms with E-state index in [9.17, 15) is 19.5 Å². The summed E-state index contributed by atoms with van der Waals surface area (Å²) < 4.78 is 0. The lowest BCUT2D eigenvalue weighted by Crippen LogP contribution is -2.57. The van der Waals surface area contributed by atoms with Crippen molar-refractivity contribution in [3.8, 4) is 0 Å². The Kier molecular flexibility index (Phi) is 7.87. The molecule has 0 unspecified atom stereocenters. The number of hydrogen-bond acceptors (Lipinski definition) is 3. The van der Waals surface area contributed by atoms with Gasteiger partial charge in [-0.3, -0.25) is 14.5 Å². The van der Waals surface area contributed by atoms with Crippen molar-refractivity contribution in [2.75, 3.05) is 0 Å². The number of fused-ring (bicyclic) bond motifs is 1. The predicted molar refractivity (Wildman–Crippen MR) is 120 cm³/mol. The zero-order valence-electron chi connectivity index (χ0n) is 19.4. The molecule has 0 aliphatic carbocycles. The van der Waals surface area contributed by atoms with Crippen LogP contribution in [-0.4, -0.2) is 50.4 Å². The Balaban J connectivity index is 2.09. The molecule has 2 N–H and O–H groups in total. The fraction of sp³-hybridized carbons (Fsp3) is 0.542. The lowest BCUT2D eigenvalue weighted by molar-refractivity contribution is -0.128. The molecule has 1 aliphatic heterocycles. The van der Waals surface area contributed by atoms with E-state index in [1.807, 2.05) is 38.1 Å². The first kappa shape index (κ1) is 24.4. The molecule has 170 valence electrons. The van der Waals surface area contributed by atoms with E-state index in [0.29, 0.717) is 13.1 Å². The van der Waals surface area contributed by atoms with Crippen LogP contribution in [0, 0.1) is 5.92 Å². The molecule has 0 aromatic heterocycles. The van der Waals surface area contributed by atoms with Crippen LogP contribution in [0.25, 0.3) is 0 Å². The van der Waals surface area contributed by atoms with Crippen molar-refractivity contribution < 1.29 is 19.5 Å². The third kappa shape index (κ3) is 6.09. The fourth-order valence-electron chi connectivity index (χ4n) is 3.85. The Bertz CT molecular complexity index is 818. The van der Waals surface area contributed by atoms with Crippen LogP contribution in [0.15, 0.2) is 36.4 Å². The molecular weight excluding hydrogens is 394 g/mol. The summed E-state index contributed by atoms with van der Waals surface area (Å²) in [5.74, 6) is -0.397. The average molecular weight is 430 g/mol. The maximum Gasteiger partial charge on any atom is 0.408 e. The van der Waals surface area contributed by atoms with Gasteiger partial charge in [-0.15, -0.1) is 0 Å². The van der Waals surface area contributed by atoms with Crippen molar-refractivity contribution in [3.05, 3.63) is 47.5 Å². The van der Waals surface area contributed by atoms with Gasteiger partial charge in [0.1, 0.15) is 6.04 Å². The first-order valence-electron chi connectivity index (χ1n) is 10.8. The summed E-state index contributed by atoms with van der Waals surface area (Å²) in [6.07, 6.45) is 2.91. The van der Waals surface area contributed by atoms with Gasteiger partial charge in [-0.25, -0.2) is 4.79 Å². The third-order valence-corrected chi connectivity index (χ3v) is 5.86. The van der Waals surface area contributed by atoms with Gasteiger partial charge >= 0.3 is 6.09 Å². The number of amides is 3. The molecule has 0 spiro atoms. The van der Waals surface area contributed by atoms with Gasteiger partial charge in [-0.05, 0) is 44.7 Å². The highest BCUT2D eigenvalue weighted by atomic mass is 16.4. The van der Waals surface area contributed by atoms with Crippen molar-refractivity contribution >= 4 is 17.9 Å². The SMILES string of the molecule is CC[C@H](C)[C@@H](/C=C/C(=O)N1Cc2ccccc2C1)NC(=O)[C@H](C)N(C(=O)O)C(C)(C)C. The minimum atomic E-state index is -1.14. The van der Waals surface area contributed by atoms with E-state index in [2.05, 4.69) is 5.32 Å². The van der Waals surface area contributed by atoms with Gasteiger partial charge in [0.15, 0.2) is 0 Å². The monoisotopic (exact) mass is 429 g/mol. The molecule has 3 amide bonds. The normalized spacial score (nSPS) is 16.5. The second-order valence-corrected chi connectivity index (χ2v) is 9.24. The largest absolute Gasteiger partial charge is 0.465 e. The van der Waals surface area contributed by atoms with E-state index < -0.39 is 17.7 Å². The van der Waals surface area contributed by atoms with Crippen LogP contribution in [0.5, 0.6) is 0 Å². The molecular formula is C24H35N3O4. The van der Waals surface area contributed by atoms with E-state index in [1.165, 1.54) is 6.08 Å². The number of carbonyl (C=O) groups is 3. The minimum absolute atomic E-state index is 0.0869. The molecule has 1 heterocycles. The Labute approximate surface area is 185 Å². The highest BCUT2D eigenvalue weighted by Gasteiger charge is 2.35. The molecule has 2 rings (SSSR count). The van der Waals surface area contributed by atoms with Gasteiger partial charge < -0.3 is 15.3 Å². The molecule has 0 saturated heterocycles. The third-order valence-electron chi connectivity index (χ3n) is 5.86. The first-order valence-corrected chi connectivity index (χ1v) is 10.8. The standard InChI is InChI=1S/C24H35N3O4/c1-7-16(2)20(25-22(29)17(3)27(23(30)31)24(4,5)6)12-13-21(28)26-14-18-10-8-9-11-19(18)15-26/h8-13,16-17,20H,7,14-15H2,1-6H3,(H,25,29)(H,30,31)/b13-12+/t16-,17-,20+/m0/s1. The lowest BCUT2D eigenvalue weighted by Gasteiger charge is -2.37. The number of carbonyl (C=O) groups excluding carboxylic acids is 2.